The van der Waals surface area contributed by atoms with Crippen molar-refractivity contribution in [3.8, 4) is 0 Å². The molecule has 2 aromatic rings. The molecule has 1 aromatic heterocycles. The number of hydrogen-bond acceptors (Lipinski definition) is 2. The van der Waals surface area contributed by atoms with Crippen LogP contribution in [-0.4, -0.2) is 13.9 Å². The van der Waals surface area contributed by atoms with Crippen LogP contribution in [0.3, 0.4) is 0 Å². The van der Waals surface area contributed by atoms with Crippen molar-refractivity contribution < 1.29 is 4.55 Å². The second-order valence-corrected chi connectivity index (χ2v) is 7.93. The minimum absolute atomic E-state index is 0.0613. The molecule has 0 amide bonds. The number of aromatic nitrogens is 1. The van der Waals surface area contributed by atoms with Gasteiger partial charge >= 0.3 is 0 Å². The van der Waals surface area contributed by atoms with Crippen LogP contribution in [0, 0.1) is 0 Å². The fourth-order valence-corrected chi connectivity index (χ4v) is 2.91. The summed E-state index contributed by atoms with van der Waals surface area (Å²) in [7, 11) is 2.04. The molecule has 0 aliphatic heterocycles. The zero-order valence-electron chi connectivity index (χ0n) is 12.2. The molecule has 1 aromatic carbocycles. The van der Waals surface area contributed by atoms with Crippen LogP contribution in [0.4, 0.5) is 0 Å². The van der Waals surface area contributed by atoms with E-state index in [9.17, 15) is 4.55 Å². The highest BCUT2D eigenvalue weighted by Gasteiger charge is 2.28. The van der Waals surface area contributed by atoms with E-state index in [2.05, 4.69) is 46.7 Å². The van der Waals surface area contributed by atoms with E-state index in [0.29, 0.717) is 0 Å². The summed E-state index contributed by atoms with van der Waals surface area (Å²) in [5, 5.41) is 1.22. The van der Waals surface area contributed by atoms with E-state index >= 15 is 0 Å². The number of aryl methyl sites for hydroxylation is 1. The second kappa shape index (κ2) is 5.19. The topological polar surface area (TPSA) is 40.0 Å². The first-order chi connectivity index (χ1) is 8.80. The van der Waals surface area contributed by atoms with Crippen LogP contribution < -0.4 is 4.72 Å². The summed E-state index contributed by atoms with van der Waals surface area (Å²) in [5.74, 6) is 0. The summed E-state index contributed by atoms with van der Waals surface area (Å²) < 4.78 is 17.2. The number of benzene rings is 1. The lowest BCUT2D eigenvalue weighted by atomic mass is 10.0. The van der Waals surface area contributed by atoms with Gasteiger partial charge in [-0.3, -0.25) is 0 Å². The average molecular weight is 278 g/mol. The minimum Gasteiger partial charge on any atom is -0.598 e. The molecule has 19 heavy (non-hydrogen) atoms. The third-order valence-corrected chi connectivity index (χ3v) is 4.95. The Balaban J connectivity index is 2.29. The van der Waals surface area contributed by atoms with Crippen molar-refractivity contribution in [3.63, 3.8) is 0 Å². The highest BCUT2D eigenvalue weighted by Crippen LogP contribution is 2.26. The average Bonchev–Trinajstić information content (AvgIpc) is 2.70. The van der Waals surface area contributed by atoms with Crippen molar-refractivity contribution in [1.29, 1.82) is 0 Å². The molecule has 0 radical (unpaired) electrons. The van der Waals surface area contributed by atoms with Gasteiger partial charge < -0.3 is 9.12 Å². The normalized spacial score (nSPS) is 15.7. The predicted octanol–water partition coefficient (Wildman–Crippen LogP) is 3.29. The summed E-state index contributed by atoms with van der Waals surface area (Å²) in [6.07, 6.45) is 2.06. The molecule has 0 bridgehead atoms. The van der Waals surface area contributed by atoms with Crippen molar-refractivity contribution in [1.82, 2.24) is 9.29 Å². The van der Waals surface area contributed by atoms with Gasteiger partial charge in [0.25, 0.3) is 0 Å². The first-order valence-electron chi connectivity index (χ1n) is 6.52. The van der Waals surface area contributed by atoms with E-state index in [1.165, 1.54) is 16.5 Å². The molecule has 0 spiro atoms. The van der Waals surface area contributed by atoms with Gasteiger partial charge in [-0.15, -0.1) is 4.72 Å². The van der Waals surface area contributed by atoms with Crippen LogP contribution in [0.25, 0.3) is 10.9 Å². The zero-order valence-corrected chi connectivity index (χ0v) is 13.0. The van der Waals surface area contributed by atoms with Gasteiger partial charge in [-0.25, -0.2) is 0 Å². The Morgan fingerprint density at radius 2 is 1.95 bits per heavy atom. The molecular formula is C15H22N2OS. The number of nitrogens with zero attached hydrogens (tertiary/aromatic N) is 1. The van der Waals surface area contributed by atoms with Crippen molar-refractivity contribution in [2.45, 2.75) is 38.5 Å². The highest BCUT2D eigenvalue weighted by atomic mass is 32.2. The molecule has 2 atom stereocenters. The summed E-state index contributed by atoms with van der Waals surface area (Å²) in [6.45, 7) is 8.00. The van der Waals surface area contributed by atoms with Crippen LogP contribution in [0.15, 0.2) is 30.5 Å². The molecule has 0 aliphatic carbocycles. The Bertz CT molecular complexity index is 571. The lowest BCUT2D eigenvalue weighted by molar-refractivity contribution is 0.532. The first kappa shape index (κ1) is 14.4. The molecule has 3 nitrogen and oxygen atoms in total. The van der Waals surface area contributed by atoms with Crippen LogP contribution in [0.1, 0.15) is 39.3 Å². The Morgan fingerprint density at radius 3 is 2.58 bits per heavy atom. The van der Waals surface area contributed by atoms with Crippen molar-refractivity contribution in [2.75, 3.05) is 0 Å². The van der Waals surface area contributed by atoms with Gasteiger partial charge in [-0.2, -0.15) is 0 Å². The van der Waals surface area contributed by atoms with Crippen molar-refractivity contribution >= 4 is 22.3 Å². The molecule has 2 unspecified atom stereocenters. The third-order valence-electron chi connectivity index (χ3n) is 3.27. The Kier molecular flexibility index (Phi) is 3.95. The van der Waals surface area contributed by atoms with Crippen molar-refractivity contribution in [2.24, 2.45) is 7.05 Å². The van der Waals surface area contributed by atoms with Crippen molar-refractivity contribution in [3.05, 3.63) is 36.0 Å². The molecule has 0 saturated carbocycles. The van der Waals surface area contributed by atoms with Gasteiger partial charge in [0.05, 0.1) is 6.04 Å². The summed E-state index contributed by atoms with van der Waals surface area (Å²) in [5.41, 5.74) is 2.39. The Morgan fingerprint density at radius 1 is 1.26 bits per heavy atom. The molecule has 4 heteroatoms. The van der Waals surface area contributed by atoms with Crippen LogP contribution in [0.2, 0.25) is 0 Å². The smallest absolute Gasteiger partial charge is 0.136 e. The maximum atomic E-state index is 12.2. The number of hydrogen-bond donors (Lipinski definition) is 1. The molecular weight excluding hydrogens is 256 g/mol. The zero-order chi connectivity index (χ0) is 14.2. The first-order valence-corrected chi connectivity index (χ1v) is 7.67. The van der Waals surface area contributed by atoms with Gasteiger partial charge in [0.1, 0.15) is 4.75 Å². The maximum absolute atomic E-state index is 12.2. The highest BCUT2D eigenvalue weighted by molar-refractivity contribution is 7.90. The fraction of sp³-hybridized carbons (Fsp3) is 0.467. The second-order valence-electron chi connectivity index (χ2n) is 5.93. The third kappa shape index (κ3) is 2.96. The van der Waals surface area contributed by atoms with Crippen LogP contribution in [0.5, 0.6) is 0 Å². The van der Waals surface area contributed by atoms with Gasteiger partial charge in [-0.1, -0.05) is 12.1 Å². The summed E-state index contributed by atoms with van der Waals surface area (Å²) in [4.78, 5) is 0. The van der Waals surface area contributed by atoms with E-state index in [1.807, 2.05) is 27.8 Å². The number of rotatable bonds is 3. The van der Waals surface area contributed by atoms with Gasteiger partial charge in [0.2, 0.25) is 0 Å². The minimum atomic E-state index is -1.06. The van der Waals surface area contributed by atoms with Crippen LogP contribution in [-0.2, 0) is 18.4 Å². The van der Waals surface area contributed by atoms with Gasteiger partial charge in [0, 0.05) is 35.5 Å². The van der Waals surface area contributed by atoms with E-state index in [4.69, 9.17) is 0 Å². The molecule has 1 heterocycles. The molecule has 2 rings (SSSR count). The van der Waals surface area contributed by atoms with Crippen LogP contribution >= 0.6 is 0 Å². The van der Waals surface area contributed by atoms with E-state index in [1.54, 1.807) is 0 Å². The predicted molar refractivity (Wildman–Crippen MR) is 82.4 cm³/mol. The molecule has 0 fully saturated rings. The van der Waals surface area contributed by atoms with E-state index < -0.39 is 11.4 Å². The lowest BCUT2D eigenvalue weighted by Gasteiger charge is -2.26. The fourth-order valence-electron chi connectivity index (χ4n) is 2.10. The maximum Gasteiger partial charge on any atom is 0.136 e. The Labute approximate surface area is 118 Å². The summed E-state index contributed by atoms with van der Waals surface area (Å²) >= 11 is -1.06. The lowest BCUT2D eigenvalue weighted by Crippen LogP contribution is -2.40. The van der Waals surface area contributed by atoms with E-state index in [-0.39, 0.29) is 10.8 Å². The standard InChI is InChI=1S/C15H22N2OS/c1-11(16-19(18)15(2,3)4)12-7-6-8-14-13(12)9-10-17(14)5/h6-11,16H,1-5H3. The molecule has 104 valence electrons. The number of nitrogens with one attached hydrogen (secondary N) is 1. The summed E-state index contributed by atoms with van der Waals surface area (Å²) in [6, 6.07) is 8.43. The monoisotopic (exact) mass is 278 g/mol. The SMILES string of the molecule is CC(N[S+]([O-])C(C)(C)C)c1cccc2c1ccn2C. The molecule has 0 saturated heterocycles. The van der Waals surface area contributed by atoms with E-state index in [0.717, 1.165) is 0 Å². The molecule has 1 N–H and O–H groups in total. The number of fused-ring (bicyclic) bond motifs is 1. The van der Waals surface area contributed by atoms with Gasteiger partial charge in [-0.05, 0) is 45.4 Å². The Hall–Kier alpha value is -0.970. The largest absolute Gasteiger partial charge is 0.598 e. The van der Waals surface area contributed by atoms with Gasteiger partial charge in [0.15, 0.2) is 0 Å². The molecule has 0 aliphatic rings. The quantitative estimate of drug-likeness (QED) is 0.875.